The second-order valence-electron chi connectivity index (χ2n) is 7.64. The van der Waals surface area contributed by atoms with Crippen molar-refractivity contribution in [2.75, 3.05) is 6.61 Å². The number of esters is 1. The van der Waals surface area contributed by atoms with Crippen LogP contribution >= 0.6 is 0 Å². The molecule has 4 nitrogen and oxygen atoms in total. The highest BCUT2D eigenvalue weighted by Crippen LogP contribution is 2.35. The number of amides is 1. The summed E-state index contributed by atoms with van der Waals surface area (Å²) in [5, 5.41) is 2.80. The Balaban J connectivity index is 1.76. The molecule has 1 amide bonds. The monoisotopic (exact) mass is 413 g/mol. The zero-order valence-electron chi connectivity index (χ0n) is 17.2. The summed E-state index contributed by atoms with van der Waals surface area (Å²) >= 11 is 0. The predicted octanol–water partition coefficient (Wildman–Crippen LogP) is 4.60. The molecule has 0 fully saturated rings. The first-order valence-corrected chi connectivity index (χ1v) is 9.97. The van der Waals surface area contributed by atoms with Gasteiger partial charge in [0.2, 0.25) is 0 Å². The van der Waals surface area contributed by atoms with Gasteiger partial charge in [-0.25, -0.2) is 8.78 Å². The van der Waals surface area contributed by atoms with Crippen LogP contribution in [-0.2, 0) is 9.53 Å². The highest BCUT2D eigenvalue weighted by atomic mass is 19.2. The van der Waals surface area contributed by atoms with Gasteiger partial charge in [0.05, 0.1) is 12.5 Å². The summed E-state index contributed by atoms with van der Waals surface area (Å²) in [6.07, 6.45) is 4.25. The minimum atomic E-state index is -1.07. The number of aryl methyl sites for hydroxylation is 2. The lowest BCUT2D eigenvalue weighted by Crippen LogP contribution is -2.34. The van der Waals surface area contributed by atoms with Crippen molar-refractivity contribution in [2.24, 2.45) is 5.92 Å². The predicted molar refractivity (Wildman–Crippen MR) is 110 cm³/mol. The number of rotatable bonds is 6. The van der Waals surface area contributed by atoms with Crippen LogP contribution in [0.1, 0.15) is 46.3 Å². The van der Waals surface area contributed by atoms with Gasteiger partial charge in [0.15, 0.2) is 11.6 Å². The minimum absolute atomic E-state index is 0.0435. The molecule has 0 spiro atoms. The zero-order chi connectivity index (χ0) is 21.8. The third-order valence-corrected chi connectivity index (χ3v) is 5.19. The summed E-state index contributed by atoms with van der Waals surface area (Å²) in [4.78, 5) is 25.2. The molecule has 0 aliphatic heterocycles. The van der Waals surface area contributed by atoms with E-state index < -0.39 is 23.5 Å². The molecule has 30 heavy (non-hydrogen) atoms. The fourth-order valence-electron chi connectivity index (χ4n) is 3.95. The van der Waals surface area contributed by atoms with Gasteiger partial charge < -0.3 is 10.1 Å². The first-order chi connectivity index (χ1) is 14.3. The van der Waals surface area contributed by atoms with E-state index in [2.05, 4.69) is 5.32 Å². The van der Waals surface area contributed by atoms with Crippen LogP contribution in [0.25, 0.3) is 0 Å². The Hall–Kier alpha value is -3.02. The van der Waals surface area contributed by atoms with Crippen LogP contribution in [0.5, 0.6) is 0 Å². The van der Waals surface area contributed by atoms with Crippen molar-refractivity contribution in [3.05, 3.63) is 82.4 Å². The maximum Gasteiger partial charge on any atom is 0.314 e. The molecule has 3 atom stereocenters. The van der Waals surface area contributed by atoms with Gasteiger partial charge in [-0.05, 0) is 56.9 Å². The first-order valence-electron chi connectivity index (χ1n) is 9.97. The maximum atomic E-state index is 13.4. The second-order valence-corrected chi connectivity index (χ2v) is 7.64. The van der Waals surface area contributed by atoms with Gasteiger partial charge in [-0.3, -0.25) is 9.59 Å². The van der Waals surface area contributed by atoms with E-state index in [1.165, 1.54) is 6.07 Å². The molecule has 2 aromatic carbocycles. The van der Waals surface area contributed by atoms with Gasteiger partial charge in [0.25, 0.3) is 5.91 Å². The molecule has 0 bridgehead atoms. The topological polar surface area (TPSA) is 55.4 Å². The smallest absolute Gasteiger partial charge is 0.314 e. The van der Waals surface area contributed by atoms with Crippen molar-refractivity contribution in [1.29, 1.82) is 0 Å². The normalized spacial score (nSPS) is 18.8. The van der Waals surface area contributed by atoms with Crippen LogP contribution in [0, 0.1) is 31.4 Å². The molecule has 6 heteroatoms. The van der Waals surface area contributed by atoms with Crippen molar-refractivity contribution >= 4 is 11.9 Å². The minimum Gasteiger partial charge on any atom is -0.466 e. The van der Waals surface area contributed by atoms with Crippen LogP contribution in [0.4, 0.5) is 8.78 Å². The van der Waals surface area contributed by atoms with Crippen molar-refractivity contribution < 1.29 is 23.1 Å². The van der Waals surface area contributed by atoms with Crippen molar-refractivity contribution in [3.8, 4) is 0 Å². The van der Waals surface area contributed by atoms with Crippen LogP contribution in [0.2, 0.25) is 0 Å². The molecule has 3 rings (SSSR count). The van der Waals surface area contributed by atoms with Gasteiger partial charge in [-0.2, -0.15) is 0 Å². The highest BCUT2D eigenvalue weighted by molar-refractivity contribution is 5.94. The molecule has 158 valence electrons. The molecular formula is C24H25F2NO3. The summed E-state index contributed by atoms with van der Waals surface area (Å²) in [7, 11) is 0. The standard InChI is InChI=1S/C24H25F2NO3/c1-4-30-24(29)22(18-10-14(2)9-15(3)11-18)16-5-7-19(12-16)27-23(28)17-6-8-20(25)21(26)13-17/h5-11,13,16,19,22H,4,12H2,1-3H3,(H,27,28). The van der Waals surface area contributed by atoms with Gasteiger partial charge in [0.1, 0.15) is 0 Å². The third kappa shape index (κ3) is 4.93. The number of carbonyl (C=O) groups is 2. The molecule has 0 saturated carbocycles. The molecular weight excluding hydrogens is 388 g/mol. The van der Waals surface area contributed by atoms with E-state index >= 15 is 0 Å². The van der Waals surface area contributed by atoms with Crippen LogP contribution in [-0.4, -0.2) is 24.5 Å². The van der Waals surface area contributed by atoms with E-state index in [0.29, 0.717) is 6.42 Å². The quantitative estimate of drug-likeness (QED) is 0.556. The molecule has 1 aliphatic rings. The Kier molecular flexibility index (Phi) is 6.65. The molecule has 2 aromatic rings. The van der Waals surface area contributed by atoms with Crippen LogP contribution in [0.3, 0.4) is 0 Å². The van der Waals surface area contributed by atoms with Crippen molar-refractivity contribution in [2.45, 2.75) is 39.2 Å². The highest BCUT2D eigenvalue weighted by Gasteiger charge is 2.34. The number of halogens is 2. The van der Waals surface area contributed by atoms with E-state index in [0.717, 1.165) is 28.8 Å². The number of hydrogen-bond acceptors (Lipinski definition) is 3. The number of carbonyl (C=O) groups excluding carboxylic acids is 2. The molecule has 0 radical (unpaired) electrons. The molecule has 0 aromatic heterocycles. The molecule has 3 unspecified atom stereocenters. The average molecular weight is 413 g/mol. The molecule has 0 saturated heterocycles. The summed E-state index contributed by atoms with van der Waals surface area (Å²) in [5.41, 5.74) is 3.05. The maximum absolute atomic E-state index is 13.4. The molecule has 0 heterocycles. The Morgan fingerprint density at radius 3 is 2.40 bits per heavy atom. The number of ether oxygens (including phenoxy) is 1. The average Bonchev–Trinajstić information content (AvgIpc) is 3.11. The van der Waals surface area contributed by atoms with E-state index in [9.17, 15) is 18.4 Å². The van der Waals surface area contributed by atoms with Crippen molar-refractivity contribution in [1.82, 2.24) is 5.32 Å². The Labute approximate surface area is 174 Å². The first kappa shape index (κ1) is 21.7. The Bertz CT molecular complexity index is 966. The van der Waals surface area contributed by atoms with E-state index in [1.807, 2.05) is 44.2 Å². The summed E-state index contributed by atoms with van der Waals surface area (Å²) < 4.78 is 31.8. The molecule has 1 aliphatic carbocycles. The zero-order valence-corrected chi connectivity index (χ0v) is 17.2. The Morgan fingerprint density at radius 2 is 1.77 bits per heavy atom. The largest absolute Gasteiger partial charge is 0.466 e. The van der Waals surface area contributed by atoms with Gasteiger partial charge in [-0.1, -0.05) is 41.5 Å². The number of nitrogens with one attached hydrogen (secondary N) is 1. The summed E-state index contributed by atoms with van der Waals surface area (Å²) in [6, 6.07) is 8.72. The van der Waals surface area contributed by atoms with Crippen LogP contribution < -0.4 is 5.32 Å². The third-order valence-electron chi connectivity index (χ3n) is 5.19. The van der Waals surface area contributed by atoms with Gasteiger partial charge in [0, 0.05) is 11.6 Å². The van der Waals surface area contributed by atoms with Gasteiger partial charge in [-0.15, -0.1) is 0 Å². The number of benzene rings is 2. The molecule has 1 N–H and O–H groups in total. The second kappa shape index (κ2) is 9.20. The SMILES string of the molecule is CCOC(=O)C(c1cc(C)cc(C)c1)C1C=CC(NC(=O)c2ccc(F)c(F)c2)C1. The summed E-state index contributed by atoms with van der Waals surface area (Å²) in [5.74, 6) is -3.50. The van der Waals surface area contributed by atoms with Crippen molar-refractivity contribution in [3.63, 3.8) is 0 Å². The van der Waals surface area contributed by atoms with Gasteiger partial charge >= 0.3 is 5.97 Å². The summed E-state index contributed by atoms with van der Waals surface area (Å²) in [6.45, 7) is 6.01. The van der Waals surface area contributed by atoms with E-state index in [-0.39, 0.29) is 30.1 Å². The van der Waals surface area contributed by atoms with Crippen LogP contribution in [0.15, 0.2) is 48.6 Å². The number of allylic oxidation sites excluding steroid dienone is 1. The Morgan fingerprint density at radius 1 is 1.07 bits per heavy atom. The fourth-order valence-corrected chi connectivity index (χ4v) is 3.95. The lowest BCUT2D eigenvalue weighted by molar-refractivity contribution is -0.146. The lowest BCUT2D eigenvalue weighted by atomic mass is 9.84. The van der Waals surface area contributed by atoms with E-state index in [1.54, 1.807) is 6.92 Å². The fraction of sp³-hybridized carbons (Fsp3) is 0.333. The van der Waals surface area contributed by atoms with E-state index in [4.69, 9.17) is 4.74 Å². The number of hydrogen-bond donors (Lipinski definition) is 1. The lowest BCUT2D eigenvalue weighted by Gasteiger charge is -2.23.